The molecule has 0 spiro atoms. The largest absolute Gasteiger partial charge is 0.382 e. The van der Waals surface area contributed by atoms with Gasteiger partial charge in [0.25, 0.3) is 17.7 Å². The van der Waals surface area contributed by atoms with Crippen molar-refractivity contribution in [1.29, 1.82) is 0 Å². The van der Waals surface area contributed by atoms with Gasteiger partial charge in [0.1, 0.15) is 18.1 Å². The van der Waals surface area contributed by atoms with E-state index in [-0.39, 0.29) is 18.1 Å². The molecule has 1 aliphatic heterocycles. The monoisotopic (exact) mass is 576 g/mol. The lowest BCUT2D eigenvalue weighted by molar-refractivity contribution is -0.118. The first-order valence-corrected chi connectivity index (χ1v) is 12.7. The van der Waals surface area contributed by atoms with Gasteiger partial charge in [-0.05, 0) is 41.8 Å². The van der Waals surface area contributed by atoms with Crippen LogP contribution >= 0.6 is 11.6 Å². The molecule has 2 atom stereocenters. The Labute approximate surface area is 233 Å². The molecule has 1 aromatic carbocycles. The topological polar surface area (TPSA) is 139 Å². The maximum absolute atomic E-state index is 14.1. The molecule has 0 saturated carbocycles. The average molecular weight is 577 g/mol. The summed E-state index contributed by atoms with van der Waals surface area (Å²) in [6.45, 7) is 0.188. The van der Waals surface area contributed by atoms with Crippen LogP contribution in [0.3, 0.4) is 0 Å². The highest BCUT2D eigenvalue weighted by molar-refractivity contribution is 6.30. The molecule has 1 aliphatic rings. The van der Waals surface area contributed by atoms with Crippen molar-refractivity contribution < 1.29 is 32.4 Å². The Morgan fingerprint density at radius 3 is 2.70 bits per heavy atom. The van der Waals surface area contributed by atoms with Gasteiger partial charge in [0.05, 0.1) is 25.7 Å². The van der Waals surface area contributed by atoms with Gasteiger partial charge in [-0.2, -0.15) is 0 Å². The molecule has 0 bridgehead atoms. The molecule has 14 heteroatoms. The minimum absolute atomic E-state index is 0.0494. The van der Waals surface area contributed by atoms with Crippen LogP contribution in [0.2, 0.25) is 5.02 Å². The molecule has 4 amide bonds. The van der Waals surface area contributed by atoms with Crippen LogP contribution in [-0.2, 0) is 16.0 Å². The summed E-state index contributed by atoms with van der Waals surface area (Å²) in [7, 11) is 1.38. The molecule has 0 radical (unpaired) electrons. The number of anilines is 1. The zero-order chi connectivity index (χ0) is 28.9. The molecule has 3 heterocycles. The summed E-state index contributed by atoms with van der Waals surface area (Å²) in [6, 6.07) is 6.58. The van der Waals surface area contributed by atoms with E-state index >= 15 is 0 Å². The summed E-state index contributed by atoms with van der Waals surface area (Å²) in [5.74, 6) is -4.33. The van der Waals surface area contributed by atoms with Crippen molar-refractivity contribution in [2.75, 3.05) is 32.1 Å². The molecule has 3 aromatic rings. The first kappa shape index (κ1) is 28.9. The van der Waals surface area contributed by atoms with E-state index in [2.05, 4.69) is 26.1 Å². The first-order chi connectivity index (χ1) is 19.1. The Morgan fingerprint density at radius 2 is 2.00 bits per heavy atom. The van der Waals surface area contributed by atoms with Gasteiger partial charge >= 0.3 is 6.03 Å². The Hall–Kier alpha value is -4.10. The van der Waals surface area contributed by atoms with E-state index < -0.39 is 48.9 Å². The number of hydrogen-bond acceptors (Lipinski definition) is 7. The van der Waals surface area contributed by atoms with Gasteiger partial charge in [0, 0.05) is 23.9 Å². The molecule has 3 N–H and O–H groups in total. The third kappa shape index (κ3) is 6.72. The lowest BCUT2D eigenvalue weighted by Gasteiger charge is -2.38. The molecule has 11 nitrogen and oxygen atoms in total. The number of amides is 4. The third-order valence-electron chi connectivity index (χ3n) is 6.26. The number of aromatic nitrogens is 2. The van der Waals surface area contributed by atoms with Gasteiger partial charge in [-0.25, -0.2) is 18.6 Å². The second kappa shape index (κ2) is 12.4. The van der Waals surface area contributed by atoms with E-state index in [1.807, 2.05) is 6.92 Å². The molecule has 0 unspecified atom stereocenters. The Balaban J connectivity index is 1.59. The number of carbonyl (C=O) groups excluding carboxylic acids is 3. The summed E-state index contributed by atoms with van der Waals surface area (Å²) in [5, 5.41) is 11.7. The Bertz CT molecular complexity index is 1370. The van der Waals surface area contributed by atoms with Crippen molar-refractivity contribution >= 4 is 35.3 Å². The summed E-state index contributed by atoms with van der Waals surface area (Å²) in [5.41, 5.74) is 1.45. The number of urea groups is 1. The van der Waals surface area contributed by atoms with Crippen LogP contribution in [0.15, 0.2) is 53.4 Å². The summed E-state index contributed by atoms with van der Waals surface area (Å²) in [4.78, 5) is 44.0. The number of alkyl halides is 2. The number of hydrogen-bond donors (Lipinski definition) is 3. The molecular weight excluding hydrogens is 550 g/mol. The maximum atomic E-state index is 14.1. The molecular formula is C26H27ClF2N6O5. The van der Waals surface area contributed by atoms with E-state index in [0.717, 1.165) is 4.90 Å². The standard InChI is InChI=1S/C26H27ClF2N6O5/c1-3-15-11-40-34-22(15)24(37)33-21(16-4-6-18(27)7-5-16)23(36)32-20-10-17(8-9-30-20)19(12-39-2)35-14-26(28,29)13-31-25(35)38/h4-11,19,21H,3,12-14H2,1-2H3,(H,31,38)(H,33,37)(H,30,32,36)/t19-,21+/m1/s1. The number of rotatable bonds is 10. The molecule has 1 fully saturated rings. The van der Waals surface area contributed by atoms with Crippen molar-refractivity contribution in [3.8, 4) is 0 Å². The number of nitrogens with one attached hydrogen (secondary N) is 3. The summed E-state index contributed by atoms with van der Waals surface area (Å²) < 4.78 is 38.3. The molecule has 2 aromatic heterocycles. The van der Waals surface area contributed by atoms with Crippen LogP contribution in [-0.4, -0.2) is 65.6 Å². The van der Waals surface area contributed by atoms with Gasteiger partial charge in [0.15, 0.2) is 5.69 Å². The second-order valence-corrected chi connectivity index (χ2v) is 9.51. The fourth-order valence-corrected chi connectivity index (χ4v) is 4.36. The number of benzene rings is 1. The lowest BCUT2D eigenvalue weighted by Crippen LogP contribution is -2.58. The number of nitrogens with zero attached hydrogens (tertiary/aromatic N) is 3. The van der Waals surface area contributed by atoms with E-state index in [4.69, 9.17) is 20.9 Å². The van der Waals surface area contributed by atoms with E-state index in [1.54, 1.807) is 24.3 Å². The number of carbonyl (C=O) groups is 3. The third-order valence-corrected chi connectivity index (χ3v) is 6.51. The van der Waals surface area contributed by atoms with Gasteiger partial charge in [0.2, 0.25) is 0 Å². The van der Waals surface area contributed by atoms with Crippen LogP contribution in [0.1, 0.15) is 46.2 Å². The molecule has 212 valence electrons. The van der Waals surface area contributed by atoms with Crippen LogP contribution in [0, 0.1) is 0 Å². The summed E-state index contributed by atoms with van der Waals surface area (Å²) >= 11 is 6.01. The number of halogens is 3. The van der Waals surface area contributed by atoms with Crippen molar-refractivity contribution in [3.63, 3.8) is 0 Å². The minimum Gasteiger partial charge on any atom is -0.382 e. The highest BCUT2D eigenvalue weighted by Crippen LogP contribution is 2.29. The Morgan fingerprint density at radius 1 is 1.25 bits per heavy atom. The first-order valence-electron chi connectivity index (χ1n) is 12.3. The van der Waals surface area contributed by atoms with Crippen molar-refractivity contribution in [2.24, 2.45) is 0 Å². The van der Waals surface area contributed by atoms with Crippen LogP contribution in [0.4, 0.5) is 19.4 Å². The number of methoxy groups -OCH3 is 1. The molecule has 0 aliphatic carbocycles. The number of pyridine rings is 1. The predicted molar refractivity (Wildman–Crippen MR) is 140 cm³/mol. The Kier molecular flexibility index (Phi) is 8.95. The minimum atomic E-state index is -3.13. The molecule has 4 rings (SSSR count). The smallest absolute Gasteiger partial charge is 0.318 e. The normalized spacial score (nSPS) is 16.1. The van der Waals surface area contributed by atoms with E-state index in [1.165, 1.54) is 31.7 Å². The summed E-state index contributed by atoms with van der Waals surface area (Å²) in [6.07, 6.45) is 3.22. The van der Waals surface area contributed by atoms with Gasteiger partial charge < -0.3 is 30.1 Å². The van der Waals surface area contributed by atoms with Gasteiger partial charge in [-0.15, -0.1) is 0 Å². The average Bonchev–Trinajstić information content (AvgIpc) is 3.42. The SMILES string of the molecule is CCc1conc1C(=O)N[C@H](C(=O)Nc1cc([C@@H](COC)N2CC(F)(F)CNC2=O)ccn1)c1ccc(Cl)cc1. The molecule has 1 saturated heterocycles. The van der Waals surface area contributed by atoms with Gasteiger partial charge in [-0.1, -0.05) is 35.8 Å². The second-order valence-electron chi connectivity index (χ2n) is 9.08. The fraction of sp³-hybridized carbons (Fsp3) is 0.346. The van der Waals surface area contributed by atoms with Crippen molar-refractivity contribution in [1.82, 2.24) is 25.7 Å². The van der Waals surface area contributed by atoms with Crippen molar-refractivity contribution in [3.05, 3.63) is 76.3 Å². The van der Waals surface area contributed by atoms with Crippen LogP contribution in [0.25, 0.3) is 0 Å². The number of aryl methyl sites for hydroxylation is 1. The van der Waals surface area contributed by atoms with E-state index in [9.17, 15) is 23.2 Å². The number of ether oxygens (including phenoxy) is 1. The van der Waals surface area contributed by atoms with Crippen LogP contribution in [0.5, 0.6) is 0 Å². The quantitative estimate of drug-likeness (QED) is 0.334. The zero-order valence-corrected chi connectivity index (χ0v) is 22.4. The predicted octanol–water partition coefficient (Wildman–Crippen LogP) is 3.74. The highest BCUT2D eigenvalue weighted by Gasteiger charge is 2.42. The van der Waals surface area contributed by atoms with Crippen molar-refractivity contribution in [2.45, 2.75) is 31.4 Å². The molecule has 40 heavy (non-hydrogen) atoms. The van der Waals surface area contributed by atoms with Gasteiger partial charge in [-0.3, -0.25) is 9.59 Å². The van der Waals surface area contributed by atoms with Crippen LogP contribution < -0.4 is 16.0 Å². The lowest BCUT2D eigenvalue weighted by atomic mass is 10.0. The fourth-order valence-electron chi connectivity index (χ4n) is 4.23. The zero-order valence-electron chi connectivity index (χ0n) is 21.6. The highest BCUT2D eigenvalue weighted by atomic mass is 35.5. The maximum Gasteiger partial charge on any atom is 0.318 e. The van der Waals surface area contributed by atoms with E-state index in [0.29, 0.717) is 28.1 Å².